The van der Waals surface area contributed by atoms with E-state index in [2.05, 4.69) is 48.9 Å². The van der Waals surface area contributed by atoms with Crippen LogP contribution in [0.2, 0.25) is 0 Å². The largest absolute Gasteiger partial charge is 0.404 e. The first-order chi connectivity index (χ1) is 9.86. The number of halogens is 2. The lowest BCUT2D eigenvalue weighted by Crippen LogP contribution is -2.19. The lowest BCUT2D eigenvalue weighted by atomic mass is 10.2. The smallest absolute Gasteiger partial charge is 0.358 e. The summed E-state index contributed by atoms with van der Waals surface area (Å²) in [6, 6.07) is 5.65. The van der Waals surface area contributed by atoms with Crippen LogP contribution in [0.15, 0.2) is 28.9 Å². The summed E-state index contributed by atoms with van der Waals surface area (Å²) in [4.78, 5) is 22.0. The van der Waals surface area contributed by atoms with Crippen molar-refractivity contribution in [2.75, 3.05) is 5.32 Å². The van der Waals surface area contributed by atoms with E-state index in [1.165, 1.54) is 10.9 Å². The summed E-state index contributed by atoms with van der Waals surface area (Å²) >= 11 is 5.23. The first-order valence-electron chi connectivity index (χ1n) is 5.80. The maximum atomic E-state index is 12.0. The van der Waals surface area contributed by atoms with Crippen LogP contribution in [0.1, 0.15) is 5.56 Å². The van der Waals surface area contributed by atoms with Crippen LogP contribution in [-0.4, -0.2) is 20.6 Å². The molecule has 1 N–H and O–H groups in total. The number of nitrogens with one attached hydrogen (secondary N) is 1. The number of carbonyl (C=O) groups is 1. The number of aromatic nitrogens is 2. The molecule has 0 aliphatic carbocycles. The minimum atomic E-state index is -0.609. The zero-order chi connectivity index (χ0) is 15.6. The molecule has 0 aliphatic rings. The summed E-state index contributed by atoms with van der Waals surface area (Å²) in [6.07, 6.45) is 1.40. The third-order valence-corrected chi connectivity index (χ3v) is 3.87. The molecular weight excluding hydrogens is 455 g/mol. The Bertz CT molecular complexity index is 717. The van der Waals surface area contributed by atoms with Crippen molar-refractivity contribution in [1.82, 2.24) is 9.78 Å². The van der Waals surface area contributed by atoms with Gasteiger partial charge in [-0.05, 0) is 74.1 Å². The maximum Gasteiger partial charge on any atom is 0.404 e. The monoisotopic (exact) mass is 464 g/mol. The van der Waals surface area contributed by atoms with Gasteiger partial charge in [-0.25, -0.2) is 0 Å². The molecule has 0 spiro atoms. The highest BCUT2D eigenvalue weighted by molar-refractivity contribution is 14.1. The molecule has 2 aromatic rings. The predicted octanol–water partition coefficient (Wildman–Crippen LogP) is 3.11. The number of amides is 1. The van der Waals surface area contributed by atoms with Crippen molar-refractivity contribution in [1.29, 1.82) is 0 Å². The SMILES string of the molecule is Cc1cc(I)ccc1NC(=O)Cn1cc(Br)c([N+](=O)[O-])n1. The molecule has 0 saturated carbocycles. The van der Waals surface area contributed by atoms with Gasteiger partial charge in [-0.15, -0.1) is 0 Å². The molecule has 21 heavy (non-hydrogen) atoms. The van der Waals surface area contributed by atoms with Gasteiger partial charge < -0.3 is 15.4 Å². The Kier molecular flexibility index (Phi) is 4.93. The lowest BCUT2D eigenvalue weighted by molar-refractivity contribution is -0.390. The molecular formula is C12H10BrIN4O3. The van der Waals surface area contributed by atoms with Crippen LogP contribution in [0.3, 0.4) is 0 Å². The van der Waals surface area contributed by atoms with E-state index in [0.717, 1.165) is 9.13 Å². The molecule has 0 aliphatic heterocycles. The fourth-order valence-corrected chi connectivity index (χ4v) is 2.80. The van der Waals surface area contributed by atoms with Crippen LogP contribution in [0.25, 0.3) is 0 Å². The fourth-order valence-electron chi connectivity index (χ4n) is 1.70. The van der Waals surface area contributed by atoms with Gasteiger partial charge in [0, 0.05) is 9.26 Å². The highest BCUT2D eigenvalue weighted by Crippen LogP contribution is 2.22. The number of hydrogen-bond acceptors (Lipinski definition) is 4. The molecule has 110 valence electrons. The van der Waals surface area contributed by atoms with E-state index in [1.54, 1.807) is 0 Å². The van der Waals surface area contributed by atoms with Gasteiger partial charge in [0.05, 0.1) is 11.3 Å². The number of nitrogens with zero attached hydrogens (tertiary/aromatic N) is 3. The van der Waals surface area contributed by atoms with Gasteiger partial charge in [0.2, 0.25) is 5.91 Å². The van der Waals surface area contributed by atoms with Crippen molar-refractivity contribution in [3.63, 3.8) is 0 Å². The van der Waals surface area contributed by atoms with Crippen LogP contribution in [0.5, 0.6) is 0 Å². The Hall–Kier alpha value is -1.49. The molecule has 9 heteroatoms. The normalized spacial score (nSPS) is 10.4. The zero-order valence-corrected chi connectivity index (χ0v) is 14.6. The van der Waals surface area contributed by atoms with Crippen molar-refractivity contribution < 1.29 is 9.72 Å². The summed E-state index contributed by atoms with van der Waals surface area (Å²) in [5, 5.41) is 17.2. The first-order valence-corrected chi connectivity index (χ1v) is 7.67. The lowest BCUT2D eigenvalue weighted by Gasteiger charge is -2.07. The summed E-state index contributed by atoms with van der Waals surface area (Å²) in [5.74, 6) is -0.613. The van der Waals surface area contributed by atoms with Crippen molar-refractivity contribution >= 4 is 55.9 Å². The quantitative estimate of drug-likeness (QED) is 0.427. The highest BCUT2D eigenvalue weighted by atomic mass is 127. The number of rotatable bonds is 4. The van der Waals surface area contributed by atoms with Gasteiger partial charge in [-0.1, -0.05) is 0 Å². The average molecular weight is 465 g/mol. The Morgan fingerprint density at radius 3 is 2.86 bits per heavy atom. The molecule has 0 atom stereocenters. The number of hydrogen-bond donors (Lipinski definition) is 1. The molecule has 1 heterocycles. The second kappa shape index (κ2) is 6.52. The number of aryl methyl sites for hydroxylation is 1. The minimum absolute atomic E-state index is 0.0993. The van der Waals surface area contributed by atoms with E-state index >= 15 is 0 Å². The third-order valence-electron chi connectivity index (χ3n) is 2.64. The zero-order valence-electron chi connectivity index (χ0n) is 10.8. The summed E-state index contributed by atoms with van der Waals surface area (Å²) < 4.78 is 2.54. The van der Waals surface area contributed by atoms with E-state index in [-0.39, 0.29) is 22.7 Å². The molecule has 0 bridgehead atoms. The third kappa shape index (κ3) is 4.00. The van der Waals surface area contributed by atoms with Crippen molar-refractivity contribution in [3.05, 3.63) is 48.1 Å². The maximum absolute atomic E-state index is 12.0. The Balaban J connectivity index is 2.08. The number of anilines is 1. The first kappa shape index (κ1) is 15.9. The second-order valence-corrected chi connectivity index (χ2v) is 6.36. The van der Waals surface area contributed by atoms with Gasteiger partial charge in [-0.3, -0.25) is 4.79 Å². The fraction of sp³-hybridized carbons (Fsp3) is 0.167. The minimum Gasteiger partial charge on any atom is -0.358 e. The van der Waals surface area contributed by atoms with E-state index in [1.807, 2.05) is 25.1 Å². The number of carbonyl (C=O) groups excluding carboxylic acids is 1. The average Bonchev–Trinajstić information content (AvgIpc) is 2.74. The molecule has 0 saturated heterocycles. The molecule has 0 fully saturated rings. The topological polar surface area (TPSA) is 90.1 Å². The van der Waals surface area contributed by atoms with E-state index < -0.39 is 4.92 Å². The summed E-state index contributed by atoms with van der Waals surface area (Å²) in [5.41, 5.74) is 1.66. The number of nitro groups is 1. The van der Waals surface area contributed by atoms with Crippen LogP contribution >= 0.6 is 38.5 Å². The van der Waals surface area contributed by atoms with Gasteiger partial charge in [-0.2, -0.15) is 4.68 Å². The van der Waals surface area contributed by atoms with E-state index in [9.17, 15) is 14.9 Å². The summed E-state index contributed by atoms with van der Waals surface area (Å²) in [7, 11) is 0. The molecule has 7 nitrogen and oxygen atoms in total. The highest BCUT2D eigenvalue weighted by Gasteiger charge is 2.20. The molecule has 1 aromatic heterocycles. The van der Waals surface area contributed by atoms with Crippen molar-refractivity contribution in [2.45, 2.75) is 13.5 Å². The van der Waals surface area contributed by atoms with Crippen LogP contribution in [-0.2, 0) is 11.3 Å². The number of benzene rings is 1. The Morgan fingerprint density at radius 1 is 1.57 bits per heavy atom. The predicted molar refractivity (Wildman–Crippen MR) is 89.1 cm³/mol. The standard InChI is InChI=1S/C12H10BrIN4O3/c1-7-4-8(14)2-3-10(7)15-11(19)6-17-5-9(13)12(16-17)18(20)21/h2-5H,6H2,1H3,(H,15,19). The van der Waals surface area contributed by atoms with Crippen LogP contribution in [0.4, 0.5) is 11.5 Å². The van der Waals surface area contributed by atoms with Crippen LogP contribution < -0.4 is 5.32 Å². The van der Waals surface area contributed by atoms with Gasteiger partial charge in [0.25, 0.3) is 0 Å². The van der Waals surface area contributed by atoms with Crippen LogP contribution in [0, 0.1) is 20.6 Å². The van der Waals surface area contributed by atoms with Gasteiger partial charge in [0.15, 0.2) is 0 Å². The second-order valence-electron chi connectivity index (χ2n) is 4.26. The Labute approximate surface area is 142 Å². The molecule has 0 unspecified atom stereocenters. The van der Waals surface area contributed by atoms with Gasteiger partial charge in [0.1, 0.15) is 11.0 Å². The van der Waals surface area contributed by atoms with E-state index in [0.29, 0.717) is 5.69 Å². The molecule has 1 amide bonds. The molecule has 2 rings (SSSR count). The Morgan fingerprint density at radius 2 is 2.29 bits per heavy atom. The van der Waals surface area contributed by atoms with E-state index in [4.69, 9.17) is 0 Å². The summed E-state index contributed by atoms with van der Waals surface area (Å²) in [6.45, 7) is 1.80. The van der Waals surface area contributed by atoms with Gasteiger partial charge >= 0.3 is 5.82 Å². The molecule has 1 aromatic carbocycles. The molecule has 0 radical (unpaired) electrons. The van der Waals surface area contributed by atoms with Crippen molar-refractivity contribution in [2.24, 2.45) is 0 Å². The van der Waals surface area contributed by atoms with Crippen molar-refractivity contribution in [3.8, 4) is 0 Å².